The lowest BCUT2D eigenvalue weighted by Crippen LogP contribution is -2.34. The van der Waals surface area contributed by atoms with Gasteiger partial charge in [-0.2, -0.15) is 0 Å². The van der Waals surface area contributed by atoms with Gasteiger partial charge in [-0.15, -0.1) is 0 Å². The highest BCUT2D eigenvalue weighted by molar-refractivity contribution is 5.81. The topological polar surface area (TPSA) is 38.8 Å². The standard InChI is InChI=1S/C12H23NO3/c1-5-16-12(14)7-6-8-13(11(2)3)9-10-15-4/h6-7,11H,5,8-10H2,1-4H3/b7-6+. The average molecular weight is 229 g/mol. The van der Waals surface area contributed by atoms with Crippen molar-refractivity contribution in [3.63, 3.8) is 0 Å². The van der Waals surface area contributed by atoms with Gasteiger partial charge in [0.15, 0.2) is 0 Å². The minimum atomic E-state index is -0.280. The monoisotopic (exact) mass is 229 g/mol. The van der Waals surface area contributed by atoms with Crippen molar-refractivity contribution in [3.05, 3.63) is 12.2 Å². The Balaban J connectivity index is 3.95. The molecule has 0 saturated carbocycles. The number of ether oxygens (including phenoxy) is 2. The van der Waals surface area contributed by atoms with Crippen molar-refractivity contribution in [2.24, 2.45) is 0 Å². The summed E-state index contributed by atoms with van der Waals surface area (Å²) >= 11 is 0. The second-order valence-electron chi connectivity index (χ2n) is 3.74. The van der Waals surface area contributed by atoms with E-state index in [1.807, 2.05) is 6.08 Å². The molecule has 0 amide bonds. The van der Waals surface area contributed by atoms with E-state index in [-0.39, 0.29) is 5.97 Å². The molecule has 0 aromatic heterocycles. The highest BCUT2D eigenvalue weighted by atomic mass is 16.5. The van der Waals surface area contributed by atoms with E-state index in [2.05, 4.69) is 18.7 Å². The largest absolute Gasteiger partial charge is 0.463 e. The van der Waals surface area contributed by atoms with E-state index in [1.165, 1.54) is 6.08 Å². The van der Waals surface area contributed by atoms with Gasteiger partial charge in [0.1, 0.15) is 0 Å². The molecule has 0 aromatic rings. The van der Waals surface area contributed by atoms with E-state index in [0.717, 1.165) is 13.1 Å². The number of carbonyl (C=O) groups excluding carboxylic acids is 1. The molecular formula is C12H23NO3. The van der Waals surface area contributed by atoms with Gasteiger partial charge in [0.25, 0.3) is 0 Å². The molecule has 0 bridgehead atoms. The molecule has 16 heavy (non-hydrogen) atoms. The normalized spacial score (nSPS) is 11.6. The van der Waals surface area contributed by atoms with Gasteiger partial charge >= 0.3 is 5.97 Å². The van der Waals surface area contributed by atoms with Crippen LogP contribution in [0, 0.1) is 0 Å². The molecule has 0 fully saturated rings. The Bertz CT molecular complexity index is 214. The van der Waals surface area contributed by atoms with Crippen LogP contribution in [0.5, 0.6) is 0 Å². The molecule has 0 radical (unpaired) electrons. The van der Waals surface area contributed by atoms with Crippen LogP contribution in [0.25, 0.3) is 0 Å². The Hall–Kier alpha value is -0.870. The molecule has 4 nitrogen and oxygen atoms in total. The Morgan fingerprint density at radius 1 is 1.44 bits per heavy atom. The van der Waals surface area contributed by atoms with Crippen molar-refractivity contribution < 1.29 is 14.3 Å². The molecule has 94 valence electrons. The quantitative estimate of drug-likeness (QED) is 0.466. The third kappa shape index (κ3) is 7.43. The summed E-state index contributed by atoms with van der Waals surface area (Å²) in [5.74, 6) is -0.280. The van der Waals surface area contributed by atoms with E-state index < -0.39 is 0 Å². The molecule has 0 rings (SSSR count). The van der Waals surface area contributed by atoms with Crippen molar-refractivity contribution in [1.82, 2.24) is 4.90 Å². The molecule has 0 aliphatic heterocycles. The van der Waals surface area contributed by atoms with Crippen LogP contribution < -0.4 is 0 Å². The molecule has 0 aromatic carbocycles. The molecule has 0 heterocycles. The lowest BCUT2D eigenvalue weighted by molar-refractivity contribution is -0.137. The molecule has 0 aliphatic rings. The summed E-state index contributed by atoms with van der Waals surface area (Å²) in [5, 5.41) is 0. The second kappa shape index (κ2) is 9.36. The second-order valence-corrected chi connectivity index (χ2v) is 3.74. The zero-order valence-electron chi connectivity index (χ0n) is 10.7. The third-order valence-electron chi connectivity index (χ3n) is 2.19. The van der Waals surface area contributed by atoms with Gasteiger partial charge in [-0.25, -0.2) is 4.79 Å². The number of rotatable bonds is 8. The number of carbonyl (C=O) groups is 1. The first-order valence-electron chi connectivity index (χ1n) is 5.68. The van der Waals surface area contributed by atoms with Crippen molar-refractivity contribution in [2.45, 2.75) is 26.8 Å². The average Bonchev–Trinajstić information content (AvgIpc) is 2.23. The molecule has 0 unspecified atom stereocenters. The van der Waals surface area contributed by atoms with Crippen LogP contribution in [0.2, 0.25) is 0 Å². The van der Waals surface area contributed by atoms with Crippen LogP contribution in [0.15, 0.2) is 12.2 Å². The molecule has 0 saturated heterocycles. The van der Waals surface area contributed by atoms with E-state index in [9.17, 15) is 4.79 Å². The summed E-state index contributed by atoms with van der Waals surface area (Å²) in [6.45, 7) is 8.75. The molecule has 4 heteroatoms. The summed E-state index contributed by atoms with van der Waals surface area (Å²) in [7, 11) is 1.69. The summed E-state index contributed by atoms with van der Waals surface area (Å²) in [6, 6.07) is 0.432. The van der Waals surface area contributed by atoms with Crippen LogP contribution >= 0.6 is 0 Å². The molecule has 0 atom stereocenters. The van der Waals surface area contributed by atoms with E-state index >= 15 is 0 Å². The highest BCUT2D eigenvalue weighted by Gasteiger charge is 2.06. The minimum absolute atomic E-state index is 0.280. The Kier molecular flexibility index (Phi) is 8.85. The summed E-state index contributed by atoms with van der Waals surface area (Å²) in [5.41, 5.74) is 0. The fourth-order valence-electron chi connectivity index (χ4n) is 1.24. The van der Waals surface area contributed by atoms with Crippen LogP contribution in [0.3, 0.4) is 0 Å². The van der Waals surface area contributed by atoms with E-state index in [1.54, 1.807) is 14.0 Å². The Morgan fingerprint density at radius 3 is 2.62 bits per heavy atom. The first kappa shape index (κ1) is 15.1. The number of nitrogens with zero attached hydrogens (tertiary/aromatic N) is 1. The van der Waals surface area contributed by atoms with Gasteiger partial charge in [-0.3, -0.25) is 4.90 Å². The molecular weight excluding hydrogens is 206 g/mol. The number of esters is 1. The lowest BCUT2D eigenvalue weighted by atomic mass is 10.3. The van der Waals surface area contributed by atoms with E-state index in [4.69, 9.17) is 9.47 Å². The first-order chi connectivity index (χ1) is 7.61. The van der Waals surface area contributed by atoms with Gasteiger partial charge in [0, 0.05) is 32.3 Å². The van der Waals surface area contributed by atoms with Crippen LogP contribution in [-0.4, -0.2) is 50.3 Å². The van der Waals surface area contributed by atoms with Crippen molar-refractivity contribution in [2.75, 3.05) is 33.4 Å². The number of hydrogen-bond acceptors (Lipinski definition) is 4. The van der Waals surface area contributed by atoms with Gasteiger partial charge in [0.05, 0.1) is 13.2 Å². The van der Waals surface area contributed by atoms with Crippen LogP contribution in [-0.2, 0) is 14.3 Å². The van der Waals surface area contributed by atoms with Crippen molar-refractivity contribution in [3.8, 4) is 0 Å². The Labute approximate surface area is 98.2 Å². The van der Waals surface area contributed by atoms with Crippen LogP contribution in [0.4, 0.5) is 0 Å². The Morgan fingerprint density at radius 2 is 2.12 bits per heavy atom. The predicted octanol–water partition coefficient (Wildman–Crippen LogP) is 1.46. The number of methoxy groups -OCH3 is 1. The fraction of sp³-hybridized carbons (Fsp3) is 0.750. The van der Waals surface area contributed by atoms with Crippen LogP contribution in [0.1, 0.15) is 20.8 Å². The summed E-state index contributed by atoms with van der Waals surface area (Å²) in [4.78, 5) is 13.3. The van der Waals surface area contributed by atoms with Crippen molar-refractivity contribution >= 4 is 5.97 Å². The third-order valence-corrected chi connectivity index (χ3v) is 2.19. The highest BCUT2D eigenvalue weighted by Crippen LogP contribution is 1.98. The zero-order chi connectivity index (χ0) is 12.4. The summed E-state index contributed by atoms with van der Waals surface area (Å²) in [6.07, 6.45) is 3.30. The fourth-order valence-corrected chi connectivity index (χ4v) is 1.24. The smallest absolute Gasteiger partial charge is 0.330 e. The maximum absolute atomic E-state index is 11.1. The maximum atomic E-state index is 11.1. The minimum Gasteiger partial charge on any atom is -0.463 e. The van der Waals surface area contributed by atoms with Gasteiger partial charge in [-0.1, -0.05) is 6.08 Å². The first-order valence-corrected chi connectivity index (χ1v) is 5.68. The summed E-state index contributed by atoms with van der Waals surface area (Å²) < 4.78 is 9.83. The number of hydrogen-bond donors (Lipinski definition) is 0. The van der Waals surface area contributed by atoms with E-state index in [0.29, 0.717) is 19.3 Å². The van der Waals surface area contributed by atoms with Gasteiger partial charge in [-0.05, 0) is 20.8 Å². The van der Waals surface area contributed by atoms with Crippen molar-refractivity contribution in [1.29, 1.82) is 0 Å². The lowest BCUT2D eigenvalue weighted by Gasteiger charge is -2.24. The SMILES string of the molecule is CCOC(=O)/C=C/CN(CCOC)C(C)C. The predicted molar refractivity (Wildman–Crippen MR) is 64.4 cm³/mol. The molecule has 0 aliphatic carbocycles. The van der Waals surface area contributed by atoms with Gasteiger partial charge in [0.2, 0.25) is 0 Å². The molecule has 0 spiro atoms. The zero-order valence-corrected chi connectivity index (χ0v) is 10.7. The molecule has 0 N–H and O–H groups in total. The van der Waals surface area contributed by atoms with Gasteiger partial charge < -0.3 is 9.47 Å². The maximum Gasteiger partial charge on any atom is 0.330 e.